The smallest absolute Gasteiger partial charge is 0.408 e. The van der Waals surface area contributed by atoms with Crippen LogP contribution in [-0.4, -0.2) is 18.0 Å². The third kappa shape index (κ3) is 5.94. The summed E-state index contributed by atoms with van der Waals surface area (Å²) < 4.78 is 5.26. The zero-order chi connectivity index (χ0) is 21.2. The number of carbonyl (C=O) groups is 2. The summed E-state index contributed by atoms with van der Waals surface area (Å²) in [5, 5.41) is 14.6. The molecule has 0 fully saturated rings. The van der Waals surface area contributed by atoms with Gasteiger partial charge in [0.2, 0.25) is 5.91 Å². The Morgan fingerprint density at radius 2 is 1.47 bits per heavy atom. The SMILES string of the molecule is N#Cc1ccccc1NC(=O)[C@H](Cc1ccccc1)NC(=O)OCc1ccccc1. The van der Waals surface area contributed by atoms with Gasteiger partial charge in [-0.1, -0.05) is 72.8 Å². The van der Waals surface area contributed by atoms with Crippen LogP contribution in [-0.2, 0) is 22.6 Å². The van der Waals surface area contributed by atoms with Crippen molar-refractivity contribution in [2.75, 3.05) is 5.32 Å². The molecule has 0 saturated heterocycles. The Hall–Kier alpha value is -4.11. The highest BCUT2D eigenvalue weighted by Crippen LogP contribution is 2.15. The molecule has 0 aromatic heterocycles. The quantitative estimate of drug-likeness (QED) is 0.627. The van der Waals surface area contributed by atoms with E-state index in [9.17, 15) is 14.9 Å². The molecule has 0 spiro atoms. The van der Waals surface area contributed by atoms with Gasteiger partial charge in [0.05, 0.1) is 11.3 Å². The van der Waals surface area contributed by atoms with Gasteiger partial charge in [-0.15, -0.1) is 0 Å². The Morgan fingerprint density at radius 1 is 0.867 bits per heavy atom. The number of anilines is 1. The third-order valence-corrected chi connectivity index (χ3v) is 4.41. The van der Waals surface area contributed by atoms with Gasteiger partial charge in [0.15, 0.2) is 0 Å². The van der Waals surface area contributed by atoms with Crippen LogP contribution in [0.4, 0.5) is 10.5 Å². The van der Waals surface area contributed by atoms with E-state index in [1.165, 1.54) is 0 Å². The van der Waals surface area contributed by atoms with Crippen molar-refractivity contribution in [3.8, 4) is 6.07 Å². The van der Waals surface area contributed by atoms with Crippen LogP contribution < -0.4 is 10.6 Å². The Morgan fingerprint density at radius 3 is 2.13 bits per heavy atom. The molecule has 30 heavy (non-hydrogen) atoms. The minimum Gasteiger partial charge on any atom is -0.445 e. The molecule has 0 aliphatic rings. The molecule has 6 heteroatoms. The van der Waals surface area contributed by atoms with Gasteiger partial charge in [-0.2, -0.15) is 5.26 Å². The van der Waals surface area contributed by atoms with E-state index in [0.29, 0.717) is 11.3 Å². The highest BCUT2D eigenvalue weighted by atomic mass is 16.5. The molecule has 0 saturated carbocycles. The molecule has 3 rings (SSSR count). The lowest BCUT2D eigenvalue weighted by molar-refractivity contribution is -0.118. The number of alkyl carbamates (subject to hydrolysis) is 1. The fourth-order valence-electron chi connectivity index (χ4n) is 2.88. The molecule has 1 atom stereocenters. The van der Waals surface area contributed by atoms with Gasteiger partial charge in [-0.25, -0.2) is 4.79 Å². The van der Waals surface area contributed by atoms with Gasteiger partial charge in [-0.05, 0) is 23.3 Å². The van der Waals surface area contributed by atoms with Crippen LogP contribution in [0.15, 0.2) is 84.9 Å². The molecule has 2 amide bonds. The van der Waals surface area contributed by atoms with Crippen molar-refractivity contribution >= 4 is 17.7 Å². The number of benzene rings is 3. The Labute approximate surface area is 175 Å². The first-order valence-corrected chi connectivity index (χ1v) is 9.47. The summed E-state index contributed by atoms with van der Waals surface area (Å²) in [4.78, 5) is 25.2. The van der Waals surface area contributed by atoms with E-state index in [2.05, 4.69) is 10.6 Å². The van der Waals surface area contributed by atoms with E-state index in [-0.39, 0.29) is 13.0 Å². The van der Waals surface area contributed by atoms with Crippen molar-refractivity contribution in [2.24, 2.45) is 0 Å². The van der Waals surface area contributed by atoms with Crippen LogP contribution in [0.5, 0.6) is 0 Å². The number of carbonyl (C=O) groups excluding carboxylic acids is 2. The molecule has 3 aromatic carbocycles. The summed E-state index contributed by atoms with van der Waals surface area (Å²) in [6.07, 6.45) is -0.412. The summed E-state index contributed by atoms with van der Waals surface area (Å²) in [6.45, 7) is 0.101. The van der Waals surface area contributed by atoms with E-state index in [0.717, 1.165) is 11.1 Å². The predicted octanol–water partition coefficient (Wildman–Crippen LogP) is 4.03. The number of hydrogen-bond acceptors (Lipinski definition) is 4. The first-order chi connectivity index (χ1) is 14.7. The standard InChI is InChI=1S/C24H21N3O3/c25-16-20-13-7-8-14-21(20)26-23(28)22(15-18-9-3-1-4-10-18)27-24(29)30-17-19-11-5-2-6-12-19/h1-14,22H,15,17H2,(H,26,28)(H,27,29)/t22-/m0/s1. The number of rotatable bonds is 7. The molecule has 150 valence electrons. The summed E-state index contributed by atoms with van der Waals surface area (Å²) in [7, 11) is 0. The van der Waals surface area contributed by atoms with Crippen molar-refractivity contribution in [3.63, 3.8) is 0 Å². The van der Waals surface area contributed by atoms with Crippen LogP contribution in [0, 0.1) is 11.3 Å². The molecule has 0 heterocycles. The average Bonchev–Trinajstić information content (AvgIpc) is 2.79. The number of hydrogen-bond donors (Lipinski definition) is 2. The number of para-hydroxylation sites is 1. The molecule has 3 aromatic rings. The Bertz CT molecular complexity index is 1030. The zero-order valence-corrected chi connectivity index (χ0v) is 16.2. The van der Waals surface area contributed by atoms with E-state index in [1.807, 2.05) is 66.7 Å². The lowest BCUT2D eigenvalue weighted by atomic mass is 10.0. The van der Waals surface area contributed by atoms with Gasteiger partial charge in [-0.3, -0.25) is 4.79 Å². The van der Waals surface area contributed by atoms with E-state index in [1.54, 1.807) is 24.3 Å². The second-order valence-corrected chi connectivity index (χ2v) is 6.60. The first-order valence-electron chi connectivity index (χ1n) is 9.47. The number of nitrogens with one attached hydrogen (secondary N) is 2. The Balaban J connectivity index is 1.70. The topological polar surface area (TPSA) is 91.2 Å². The number of nitrogens with zero attached hydrogens (tertiary/aromatic N) is 1. The van der Waals surface area contributed by atoms with Crippen LogP contribution in [0.1, 0.15) is 16.7 Å². The highest BCUT2D eigenvalue weighted by molar-refractivity contribution is 5.97. The van der Waals surface area contributed by atoms with Crippen LogP contribution in [0.25, 0.3) is 0 Å². The lowest BCUT2D eigenvalue weighted by Gasteiger charge is -2.19. The summed E-state index contributed by atoms with van der Waals surface area (Å²) in [5.41, 5.74) is 2.47. The van der Waals surface area contributed by atoms with Crippen molar-refractivity contribution in [1.29, 1.82) is 5.26 Å². The van der Waals surface area contributed by atoms with E-state index >= 15 is 0 Å². The number of ether oxygens (including phenoxy) is 1. The van der Waals surface area contributed by atoms with Crippen molar-refractivity contribution < 1.29 is 14.3 Å². The maximum Gasteiger partial charge on any atom is 0.408 e. The predicted molar refractivity (Wildman–Crippen MR) is 113 cm³/mol. The fourth-order valence-corrected chi connectivity index (χ4v) is 2.88. The zero-order valence-electron chi connectivity index (χ0n) is 16.2. The molecule has 0 unspecified atom stereocenters. The summed E-state index contributed by atoms with van der Waals surface area (Å²) >= 11 is 0. The van der Waals surface area contributed by atoms with Gasteiger partial charge < -0.3 is 15.4 Å². The molecular formula is C24H21N3O3. The summed E-state index contributed by atoms with van der Waals surface area (Å²) in [6, 6.07) is 26.5. The van der Waals surface area contributed by atoms with Gasteiger partial charge in [0, 0.05) is 6.42 Å². The second-order valence-electron chi connectivity index (χ2n) is 6.60. The van der Waals surface area contributed by atoms with Crippen molar-refractivity contribution in [3.05, 3.63) is 102 Å². The molecule has 2 N–H and O–H groups in total. The fraction of sp³-hybridized carbons (Fsp3) is 0.125. The highest BCUT2D eigenvalue weighted by Gasteiger charge is 2.23. The minimum absolute atomic E-state index is 0.101. The van der Waals surface area contributed by atoms with Gasteiger partial charge in [0.25, 0.3) is 0 Å². The molecule has 0 radical (unpaired) electrons. The van der Waals surface area contributed by atoms with Crippen molar-refractivity contribution in [1.82, 2.24) is 5.32 Å². The lowest BCUT2D eigenvalue weighted by Crippen LogP contribution is -2.45. The monoisotopic (exact) mass is 399 g/mol. The Kier molecular flexibility index (Phi) is 7.17. The van der Waals surface area contributed by atoms with E-state index in [4.69, 9.17) is 4.74 Å². The maximum atomic E-state index is 12.9. The third-order valence-electron chi connectivity index (χ3n) is 4.41. The molecule has 0 bridgehead atoms. The second kappa shape index (κ2) is 10.4. The number of nitriles is 1. The van der Waals surface area contributed by atoms with E-state index < -0.39 is 18.0 Å². The average molecular weight is 399 g/mol. The van der Waals surface area contributed by atoms with Gasteiger partial charge in [0.1, 0.15) is 18.7 Å². The van der Waals surface area contributed by atoms with Crippen molar-refractivity contribution in [2.45, 2.75) is 19.1 Å². The molecule has 0 aliphatic carbocycles. The van der Waals surface area contributed by atoms with Crippen LogP contribution in [0.3, 0.4) is 0 Å². The maximum absolute atomic E-state index is 12.9. The normalized spacial score (nSPS) is 11.0. The number of amides is 2. The molecule has 6 nitrogen and oxygen atoms in total. The molecular weight excluding hydrogens is 378 g/mol. The summed E-state index contributed by atoms with van der Waals surface area (Å²) in [5.74, 6) is -0.432. The minimum atomic E-state index is -0.873. The molecule has 0 aliphatic heterocycles. The van der Waals surface area contributed by atoms with Crippen LogP contribution >= 0.6 is 0 Å². The first kappa shape index (κ1) is 20.6. The largest absolute Gasteiger partial charge is 0.445 e. The van der Waals surface area contributed by atoms with Crippen LogP contribution in [0.2, 0.25) is 0 Å². The van der Waals surface area contributed by atoms with Gasteiger partial charge >= 0.3 is 6.09 Å².